The smallest absolute Gasteiger partial charge is 0.274 e. The van der Waals surface area contributed by atoms with Crippen LogP contribution in [0.15, 0.2) is 18.6 Å². The highest BCUT2D eigenvalue weighted by Crippen LogP contribution is 2.18. The van der Waals surface area contributed by atoms with E-state index in [1.807, 2.05) is 6.20 Å². The number of aryl methyl sites for hydroxylation is 1. The van der Waals surface area contributed by atoms with E-state index in [-0.39, 0.29) is 0 Å². The maximum Gasteiger partial charge on any atom is 0.408 e. The average molecular weight is 370 g/mol. The third kappa shape index (κ3) is 3.47. The molecule has 0 unspecified atom stereocenters. The summed E-state index contributed by atoms with van der Waals surface area (Å²) < 4.78 is 39.9. The first-order valence-corrected chi connectivity index (χ1v) is 6.17. The Labute approximate surface area is 115 Å². The fraction of sp³-hybridized carbons (Fsp3) is 0.400. The highest BCUT2D eigenvalue weighted by molar-refractivity contribution is 14.1. The van der Waals surface area contributed by atoms with Crippen LogP contribution in [0.2, 0.25) is 0 Å². The van der Waals surface area contributed by atoms with Crippen molar-refractivity contribution in [1.29, 1.82) is 0 Å². The lowest BCUT2D eigenvalue weighted by atomic mass is 10.2. The Morgan fingerprint density at radius 3 is 2.61 bits per heavy atom. The first-order chi connectivity index (χ1) is 8.33. The predicted octanol–water partition coefficient (Wildman–Crippen LogP) is 2.37. The van der Waals surface area contributed by atoms with E-state index in [4.69, 9.17) is 0 Å². The average Bonchev–Trinajstić information content (AvgIpc) is 2.73. The van der Waals surface area contributed by atoms with Gasteiger partial charge in [0.15, 0.2) is 0 Å². The summed E-state index contributed by atoms with van der Waals surface area (Å²) >= 11 is 2.10. The van der Waals surface area contributed by atoms with Gasteiger partial charge in [0.2, 0.25) is 0 Å². The largest absolute Gasteiger partial charge is 0.408 e. The van der Waals surface area contributed by atoms with Gasteiger partial charge in [-0.25, -0.2) is 0 Å². The number of hydrogen-bond donors (Lipinski definition) is 0. The molecule has 0 saturated carbocycles. The zero-order valence-corrected chi connectivity index (χ0v) is 11.6. The van der Waals surface area contributed by atoms with Crippen LogP contribution in [0, 0.1) is 3.70 Å². The highest BCUT2D eigenvalue weighted by atomic mass is 127. The summed E-state index contributed by atoms with van der Waals surface area (Å²) in [6.45, 7) is -1.06. The normalized spacial score (nSPS) is 12.1. The molecule has 8 heteroatoms. The molecular formula is C10H10F3IN4. The summed E-state index contributed by atoms with van der Waals surface area (Å²) in [5.74, 6) is 0. The molecule has 98 valence electrons. The van der Waals surface area contributed by atoms with Crippen molar-refractivity contribution in [2.75, 3.05) is 0 Å². The first kappa shape index (κ1) is 13.4. The van der Waals surface area contributed by atoms with Crippen LogP contribution >= 0.6 is 22.6 Å². The van der Waals surface area contributed by atoms with Gasteiger partial charge in [0, 0.05) is 31.4 Å². The Balaban J connectivity index is 2.09. The van der Waals surface area contributed by atoms with Gasteiger partial charge in [-0.1, -0.05) is 0 Å². The van der Waals surface area contributed by atoms with Crippen LogP contribution in [0.5, 0.6) is 0 Å². The number of rotatable bonds is 3. The molecule has 0 spiro atoms. The van der Waals surface area contributed by atoms with E-state index < -0.39 is 12.7 Å². The first-order valence-electron chi connectivity index (χ1n) is 5.09. The van der Waals surface area contributed by atoms with Crippen molar-refractivity contribution in [3.8, 4) is 0 Å². The minimum Gasteiger partial charge on any atom is -0.274 e. The van der Waals surface area contributed by atoms with Gasteiger partial charge in [-0.2, -0.15) is 23.4 Å². The number of aromatic nitrogens is 4. The topological polar surface area (TPSA) is 35.6 Å². The third-order valence-electron chi connectivity index (χ3n) is 2.28. The van der Waals surface area contributed by atoms with Gasteiger partial charge in [0.05, 0.1) is 6.20 Å². The van der Waals surface area contributed by atoms with E-state index in [1.54, 1.807) is 11.7 Å². The van der Waals surface area contributed by atoms with E-state index in [2.05, 4.69) is 32.8 Å². The van der Waals surface area contributed by atoms with Gasteiger partial charge in [0.25, 0.3) is 0 Å². The van der Waals surface area contributed by atoms with Crippen LogP contribution < -0.4 is 0 Å². The van der Waals surface area contributed by atoms with Gasteiger partial charge in [-0.3, -0.25) is 9.36 Å². The molecule has 0 aliphatic rings. The van der Waals surface area contributed by atoms with E-state index in [1.165, 1.54) is 12.4 Å². The summed E-state index contributed by atoms with van der Waals surface area (Å²) in [6, 6.07) is 0. The van der Waals surface area contributed by atoms with Crippen molar-refractivity contribution >= 4 is 22.6 Å². The fourth-order valence-corrected chi connectivity index (χ4v) is 2.29. The van der Waals surface area contributed by atoms with Crippen molar-refractivity contribution in [1.82, 2.24) is 19.6 Å². The van der Waals surface area contributed by atoms with Gasteiger partial charge in [-0.05, 0) is 28.2 Å². The number of hydrogen-bond acceptors (Lipinski definition) is 2. The molecule has 0 saturated heterocycles. The van der Waals surface area contributed by atoms with Crippen molar-refractivity contribution in [3.63, 3.8) is 0 Å². The third-order valence-corrected chi connectivity index (χ3v) is 3.18. The van der Waals surface area contributed by atoms with E-state index in [0.717, 1.165) is 19.5 Å². The number of halogens is 4. The molecule has 2 heterocycles. The predicted molar refractivity (Wildman–Crippen MR) is 67.0 cm³/mol. The zero-order chi connectivity index (χ0) is 13.3. The van der Waals surface area contributed by atoms with Gasteiger partial charge < -0.3 is 0 Å². The molecule has 18 heavy (non-hydrogen) atoms. The van der Waals surface area contributed by atoms with Crippen LogP contribution in [-0.2, 0) is 20.0 Å². The molecule has 0 amide bonds. The molecule has 0 aromatic carbocycles. The highest BCUT2D eigenvalue weighted by Gasteiger charge is 2.28. The minimum absolute atomic E-state index is 0.532. The Kier molecular flexibility index (Phi) is 3.64. The molecular weight excluding hydrogens is 360 g/mol. The fourth-order valence-electron chi connectivity index (χ4n) is 1.62. The molecule has 4 nitrogen and oxygen atoms in total. The molecule has 0 atom stereocenters. The van der Waals surface area contributed by atoms with Crippen LogP contribution in [0.3, 0.4) is 0 Å². The van der Waals surface area contributed by atoms with Gasteiger partial charge in [0.1, 0.15) is 10.2 Å². The lowest BCUT2D eigenvalue weighted by Gasteiger charge is -2.04. The van der Waals surface area contributed by atoms with Crippen LogP contribution in [0.4, 0.5) is 13.2 Å². The minimum atomic E-state index is -4.24. The van der Waals surface area contributed by atoms with E-state index in [0.29, 0.717) is 6.42 Å². The lowest BCUT2D eigenvalue weighted by molar-refractivity contribution is -0.142. The molecule has 2 rings (SSSR count). The Bertz CT molecular complexity index is 544. The van der Waals surface area contributed by atoms with Crippen molar-refractivity contribution in [2.45, 2.75) is 19.1 Å². The van der Waals surface area contributed by atoms with Crippen molar-refractivity contribution in [2.24, 2.45) is 7.05 Å². The van der Waals surface area contributed by atoms with Crippen LogP contribution in [0.25, 0.3) is 0 Å². The molecule has 0 radical (unpaired) electrons. The molecule has 0 bridgehead atoms. The molecule has 0 aliphatic heterocycles. The second-order valence-electron chi connectivity index (χ2n) is 3.96. The molecule has 0 fully saturated rings. The quantitative estimate of drug-likeness (QED) is 0.778. The standard InChI is InChI=1S/C10H10F3IN4/c1-17-5-8(9(14)16-17)2-7-3-15-18(4-7)6-10(11,12)13/h3-5H,2,6H2,1H3. The second kappa shape index (κ2) is 4.90. The second-order valence-corrected chi connectivity index (χ2v) is 4.98. The maximum atomic E-state index is 12.2. The zero-order valence-electron chi connectivity index (χ0n) is 9.45. The Hall–Kier alpha value is -1.06. The lowest BCUT2D eigenvalue weighted by Crippen LogP contribution is -2.17. The maximum absolute atomic E-state index is 12.2. The molecule has 2 aromatic rings. The summed E-state index contributed by atoms with van der Waals surface area (Å²) in [5.41, 5.74) is 1.72. The Morgan fingerprint density at radius 2 is 2.06 bits per heavy atom. The van der Waals surface area contributed by atoms with E-state index >= 15 is 0 Å². The number of alkyl halides is 3. The monoisotopic (exact) mass is 370 g/mol. The van der Waals surface area contributed by atoms with Crippen LogP contribution in [-0.4, -0.2) is 25.7 Å². The number of nitrogens with zero attached hydrogens (tertiary/aromatic N) is 4. The van der Waals surface area contributed by atoms with Gasteiger partial charge >= 0.3 is 6.18 Å². The summed E-state index contributed by atoms with van der Waals surface area (Å²) in [5, 5.41) is 7.87. The summed E-state index contributed by atoms with van der Waals surface area (Å²) in [7, 11) is 1.80. The molecule has 0 N–H and O–H groups in total. The van der Waals surface area contributed by atoms with Gasteiger partial charge in [-0.15, -0.1) is 0 Å². The Morgan fingerprint density at radius 1 is 1.33 bits per heavy atom. The summed E-state index contributed by atoms with van der Waals surface area (Å²) in [6.07, 6.45) is 1.00. The molecule has 0 aliphatic carbocycles. The van der Waals surface area contributed by atoms with E-state index in [9.17, 15) is 13.2 Å². The SMILES string of the molecule is Cn1cc(Cc2cnn(CC(F)(F)F)c2)c(I)n1. The molecule has 2 aromatic heterocycles. The van der Waals surface area contributed by atoms with Crippen molar-refractivity contribution in [3.05, 3.63) is 33.4 Å². The summed E-state index contributed by atoms with van der Waals surface area (Å²) in [4.78, 5) is 0. The van der Waals surface area contributed by atoms with Crippen LogP contribution in [0.1, 0.15) is 11.1 Å². The van der Waals surface area contributed by atoms with Crippen molar-refractivity contribution < 1.29 is 13.2 Å².